The molecule has 21 heavy (non-hydrogen) atoms. The van der Waals surface area contributed by atoms with Crippen LogP contribution in [0.5, 0.6) is 11.6 Å². The number of halogens is 4. The van der Waals surface area contributed by atoms with E-state index in [0.29, 0.717) is 22.2 Å². The topological polar surface area (TPSA) is 35.0 Å². The number of benzene rings is 1. The molecule has 108 valence electrons. The quantitative estimate of drug-likeness (QED) is 0.515. The van der Waals surface area contributed by atoms with Crippen molar-refractivity contribution in [2.24, 2.45) is 0 Å². The Morgan fingerprint density at radius 1 is 1.00 bits per heavy atom. The van der Waals surface area contributed by atoms with E-state index in [1.165, 1.54) is 11.3 Å². The maximum Gasteiger partial charge on any atom is 0.250 e. The van der Waals surface area contributed by atoms with Crippen molar-refractivity contribution < 1.29 is 4.74 Å². The number of fused-ring (bicyclic) bond motifs is 1. The van der Waals surface area contributed by atoms with Crippen molar-refractivity contribution in [3.05, 3.63) is 46.6 Å². The third kappa shape index (κ3) is 3.35. The summed E-state index contributed by atoms with van der Waals surface area (Å²) in [5, 5.41) is 2.49. The van der Waals surface area contributed by atoms with Crippen LogP contribution in [0.1, 0.15) is 5.82 Å². The first-order valence-electron chi connectivity index (χ1n) is 5.69. The van der Waals surface area contributed by atoms with Gasteiger partial charge < -0.3 is 4.74 Å². The first-order valence-corrected chi connectivity index (χ1v) is 8.08. The zero-order valence-electron chi connectivity index (χ0n) is 10.2. The summed E-state index contributed by atoms with van der Waals surface area (Å²) < 4.78 is 4.83. The highest BCUT2D eigenvalue weighted by atomic mass is 35.6. The van der Waals surface area contributed by atoms with Gasteiger partial charge >= 0.3 is 0 Å². The predicted molar refractivity (Wildman–Crippen MR) is 88.2 cm³/mol. The molecule has 2 aromatic heterocycles. The molecule has 3 rings (SSSR count). The van der Waals surface area contributed by atoms with Crippen molar-refractivity contribution in [3.8, 4) is 11.6 Å². The monoisotopic (exact) mass is 378 g/mol. The van der Waals surface area contributed by atoms with Gasteiger partial charge in [-0.3, -0.25) is 0 Å². The number of thiophene rings is 1. The van der Waals surface area contributed by atoms with Crippen LogP contribution in [-0.4, -0.2) is 9.97 Å². The summed E-state index contributed by atoms with van der Waals surface area (Å²) in [7, 11) is 0. The van der Waals surface area contributed by atoms with Gasteiger partial charge in [0.1, 0.15) is 10.4 Å². The van der Waals surface area contributed by atoms with E-state index in [4.69, 9.17) is 51.1 Å². The van der Waals surface area contributed by atoms with E-state index in [0.717, 1.165) is 4.70 Å². The Labute approximate surface area is 144 Å². The van der Waals surface area contributed by atoms with Crippen LogP contribution in [0.3, 0.4) is 0 Å². The lowest BCUT2D eigenvalue weighted by Crippen LogP contribution is -2.07. The van der Waals surface area contributed by atoms with Crippen molar-refractivity contribution in [2.45, 2.75) is 3.79 Å². The second kappa shape index (κ2) is 5.78. The van der Waals surface area contributed by atoms with Crippen LogP contribution in [0.4, 0.5) is 0 Å². The molecule has 0 fully saturated rings. The van der Waals surface area contributed by atoms with E-state index in [-0.39, 0.29) is 5.82 Å². The molecule has 0 spiro atoms. The van der Waals surface area contributed by atoms with Gasteiger partial charge in [-0.1, -0.05) is 46.4 Å². The number of hydrogen-bond acceptors (Lipinski definition) is 4. The second-order valence-electron chi connectivity index (χ2n) is 4.04. The molecule has 0 aliphatic heterocycles. The first kappa shape index (κ1) is 15.1. The van der Waals surface area contributed by atoms with Crippen molar-refractivity contribution in [1.82, 2.24) is 9.97 Å². The van der Waals surface area contributed by atoms with Gasteiger partial charge in [0.05, 0.1) is 5.52 Å². The Morgan fingerprint density at radius 2 is 1.71 bits per heavy atom. The molecule has 2 heterocycles. The van der Waals surface area contributed by atoms with Crippen molar-refractivity contribution >= 4 is 68.0 Å². The Kier molecular flexibility index (Phi) is 4.17. The maximum absolute atomic E-state index is 5.86. The van der Waals surface area contributed by atoms with Gasteiger partial charge in [-0.15, -0.1) is 11.3 Å². The molecule has 0 saturated carbocycles. The Balaban J connectivity index is 2.07. The zero-order chi connectivity index (χ0) is 15.0. The highest BCUT2D eigenvalue weighted by Gasteiger charge is 2.28. The van der Waals surface area contributed by atoms with E-state index in [1.807, 2.05) is 11.4 Å². The van der Waals surface area contributed by atoms with Crippen LogP contribution in [0.25, 0.3) is 10.2 Å². The zero-order valence-corrected chi connectivity index (χ0v) is 14.0. The number of nitrogens with zero attached hydrogens (tertiary/aromatic N) is 2. The Hall–Kier alpha value is -0.780. The molecule has 0 bridgehead atoms. The van der Waals surface area contributed by atoms with Gasteiger partial charge in [0.2, 0.25) is 9.67 Å². The number of aromatic nitrogens is 2. The molecular weight excluding hydrogens is 374 g/mol. The SMILES string of the molecule is Clc1ccc(Oc2nc(C(Cl)(Cl)Cl)nc3ccsc23)cc1. The molecule has 0 saturated heterocycles. The van der Waals surface area contributed by atoms with Gasteiger partial charge in [-0.05, 0) is 35.7 Å². The molecule has 3 aromatic rings. The minimum Gasteiger partial charge on any atom is -0.437 e. The molecule has 0 aliphatic carbocycles. The molecule has 0 unspecified atom stereocenters. The predicted octanol–water partition coefficient (Wildman–Crippen LogP) is 5.96. The van der Waals surface area contributed by atoms with E-state index >= 15 is 0 Å². The lowest BCUT2D eigenvalue weighted by molar-refractivity contribution is 0.466. The van der Waals surface area contributed by atoms with Crippen molar-refractivity contribution in [3.63, 3.8) is 0 Å². The standard InChI is InChI=1S/C13H6Cl4N2OS/c14-7-1-3-8(4-2-7)20-11-10-9(5-6-21-10)18-12(19-11)13(15,16)17/h1-6H. The second-order valence-corrected chi connectivity index (χ2v) is 7.67. The molecule has 3 nitrogen and oxygen atoms in total. The third-order valence-electron chi connectivity index (χ3n) is 2.55. The van der Waals surface area contributed by atoms with Crippen LogP contribution in [0.2, 0.25) is 5.02 Å². The third-order valence-corrected chi connectivity index (χ3v) is 4.20. The average molecular weight is 380 g/mol. The van der Waals surface area contributed by atoms with E-state index in [9.17, 15) is 0 Å². The molecule has 8 heteroatoms. The lowest BCUT2D eigenvalue weighted by atomic mass is 10.3. The Morgan fingerprint density at radius 3 is 2.38 bits per heavy atom. The van der Waals surface area contributed by atoms with Gasteiger partial charge in [0.25, 0.3) is 0 Å². The van der Waals surface area contributed by atoms with Gasteiger partial charge in [-0.2, -0.15) is 4.98 Å². The van der Waals surface area contributed by atoms with E-state index in [1.54, 1.807) is 24.3 Å². The summed E-state index contributed by atoms with van der Waals surface area (Å²) >= 11 is 24.9. The molecule has 0 aliphatic rings. The van der Waals surface area contributed by atoms with E-state index < -0.39 is 3.79 Å². The van der Waals surface area contributed by atoms with Gasteiger partial charge in [0.15, 0.2) is 5.82 Å². The van der Waals surface area contributed by atoms with Crippen LogP contribution >= 0.6 is 57.7 Å². The number of rotatable bonds is 2. The highest BCUT2D eigenvalue weighted by molar-refractivity contribution is 7.17. The number of hydrogen-bond donors (Lipinski definition) is 0. The van der Waals surface area contributed by atoms with Crippen LogP contribution in [0.15, 0.2) is 35.7 Å². The van der Waals surface area contributed by atoms with Crippen LogP contribution in [0, 0.1) is 0 Å². The normalized spacial score (nSPS) is 11.8. The summed E-state index contributed by atoms with van der Waals surface area (Å²) in [5.41, 5.74) is 0.667. The smallest absolute Gasteiger partial charge is 0.250 e. The fourth-order valence-corrected chi connectivity index (χ4v) is 2.78. The van der Waals surface area contributed by atoms with Crippen molar-refractivity contribution in [1.29, 1.82) is 0 Å². The highest BCUT2D eigenvalue weighted by Crippen LogP contribution is 2.40. The van der Waals surface area contributed by atoms with Gasteiger partial charge in [-0.25, -0.2) is 4.98 Å². The largest absolute Gasteiger partial charge is 0.437 e. The minimum atomic E-state index is -1.71. The van der Waals surface area contributed by atoms with Crippen molar-refractivity contribution in [2.75, 3.05) is 0 Å². The molecule has 0 amide bonds. The molecule has 0 atom stereocenters. The molecular formula is C13H6Cl4N2OS. The van der Waals surface area contributed by atoms with Gasteiger partial charge in [0, 0.05) is 5.02 Å². The summed E-state index contributed by atoms with van der Waals surface area (Å²) in [6.07, 6.45) is 0. The summed E-state index contributed by atoms with van der Waals surface area (Å²) in [4.78, 5) is 8.44. The summed E-state index contributed by atoms with van der Waals surface area (Å²) in [6, 6.07) is 8.73. The fraction of sp³-hybridized carbons (Fsp3) is 0.0769. The van der Waals surface area contributed by atoms with Crippen LogP contribution in [-0.2, 0) is 3.79 Å². The lowest BCUT2D eigenvalue weighted by Gasteiger charge is -2.12. The first-order chi connectivity index (χ1) is 9.93. The minimum absolute atomic E-state index is 0.0716. The average Bonchev–Trinajstić information content (AvgIpc) is 2.89. The summed E-state index contributed by atoms with van der Waals surface area (Å²) in [6.45, 7) is 0. The number of alkyl halides is 3. The fourth-order valence-electron chi connectivity index (χ4n) is 1.65. The molecule has 1 aromatic carbocycles. The summed E-state index contributed by atoms with van der Waals surface area (Å²) in [5.74, 6) is 1.00. The van der Waals surface area contributed by atoms with Crippen LogP contribution < -0.4 is 4.74 Å². The molecule has 0 radical (unpaired) electrons. The molecule has 0 N–H and O–H groups in total. The van der Waals surface area contributed by atoms with E-state index in [2.05, 4.69) is 9.97 Å². The number of ether oxygens (including phenoxy) is 1. The maximum atomic E-state index is 5.86. The Bertz CT molecular complexity index is 783.